The Labute approximate surface area is 65.1 Å². The molecule has 10 heavy (non-hydrogen) atoms. The number of hydrogen-bond acceptors (Lipinski definition) is 2. The molecule has 1 atom stereocenters. The predicted octanol–water partition coefficient (Wildman–Crippen LogP) is 1.66. The fraction of sp³-hybridized carbons (Fsp3) is 0.833. The van der Waals surface area contributed by atoms with Crippen molar-refractivity contribution in [3.8, 4) is 0 Å². The molecule has 0 fully saturated rings. The molecule has 0 aliphatic rings. The SMILES string of the molecule is [B][Si](C)(ON=C)C(C)(C)C. The summed E-state index contributed by atoms with van der Waals surface area (Å²) in [5, 5.41) is 3.37. The van der Waals surface area contributed by atoms with Gasteiger partial charge in [0, 0.05) is 6.72 Å². The summed E-state index contributed by atoms with van der Waals surface area (Å²) in [6.07, 6.45) is 0. The van der Waals surface area contributed by atoms with Gasteiger partial charge in [-0.2, -0.15) is 0 Å². The zero-order valence-corrected chi connectivity index (χ0v) is 8.14. The third-order valence-corrected chi connectivity index (χ3v) is 5.23. The first-order valence-corrected chi connectivity index (χ1v) is 5.73. The molecule has 0 aliphatic heterocycles. The van der Waals surface area contributed by atoms with Crippen LogP contribution in [-0.4, -0.2) is 22.3 Å². The first-order valence-electron chi connectivity index (χ1n) is 3.24. The Bertz CT molecular complexity index is 130. The van der Waals surface area contributed by atoms with Crippen LogP contribution >= 0.6 is 0 Å². The average Bonchev–Trinajstić information content (AvgIpc) is 1.61. The van der Waals surface area contributed by atoms with Crippen LogP contribution in [0.5, 0.6) is 0 Å². The van der Waals surface area contributed by atoms with Gasteiger partial charge in [0.05, 0.1) is 0 Å². The lowest BCUT2D eigenvalue weighted by molar-refractivity contribution is 0.323. The normalized spacial score (nSPS) is 17.6. The molecule has 0 aliphatic carbocycles. The Balaban J connectivity index is 4.23. The molecule has 0 aromatic rings. The molecule has 2 radical (unpaired) electrons. The minimum absolute atomic E-state index is 0.00812. The summed E-state index contributed by atoms with van der Waals surface area (Å²) >= 11 is 0. The summed E-state index contributed by atoms with van der Waals surface area (Å²) in [6.45, 7) is 11.3. The van der Waals surface area contributed by atoms with E-state index in [1.54, 1.807) is 0 Å². The molecule has 0 saturated carbocycles. The third kappa shape index (κ3) is 2.17. The topological polar surface area (TPSA) is 21.6 Å². The predicted molar refractivity (Wildman–Crippen MR) is 47.7 cm³/mol. The highest BCUT2D eigenvalue weighted by atomic mass is 28.3. The van der Waals surface area contributed by atoms with Gasteiger partial charge in [-0.15, -0.1) is 5.16 Å². The van der Waals surface area contributed by atoms with Crippen LogP contribution in [0.4, 0.5) is 0 Å². The van der Waals surface area contributed by atoms with Crippen molar-refractivity contribution in [2.24, 2.45) is 5.16 Å². The molecule has 0 aromatic heterocycles. The first-order chi connectivity index (χ1) is 4.31. The van der Waals surface area contributed by atoms with E-state index in [2.05, 4.69) is 11.9 Å². The van der Waals surface area contributed by atoms with E-state index in [0.717, 1.165) is 0 Å². The highest BCUT2D eigenvalue weighted by molar-refractivity contribution is 7.14. The summed E-state index contributed by atoms with van der Waals surface area (Å²) in [4.78, 5) is 0. The molecule has 4 heteroatoms. The van der Waals surface area contributed by atoms with E-state index in [1.807, 2.05) is 27.3 Å². The summed E-state index contributed by atoms with van der Waals surface area (Å²) in [5.41, 5.74) is 0. The Morgan fingerprint density at radius 2 is 1.90 bits per heavy atom. The fourth-order valence-electron chi connectivity index (χ4n) is 0.271. The van der Waals surface area contributed by atoms with Crippen LogP contribution in [0.1, 0.15) is 20.8 Å². The van der Waals surface area contributed by atoms with Crippen molar-refractivity contribution in [2.75, 3.05) is 0 Å². The van der Waals surface area contributed by atoms with Crippen LogP contribution in [0.2, 0.25) is 11.6 Å². The van der Waals surface area contributed by atoms with Gasteiger partial charge in [0.25, 0.3) is 0 Å². The summed E-state index contributed by atoms with van der Waals surface area (Å²) in [6, 6.07) is 0. The summed E-state index contributed by atoms with van der Waals surface area (Å²) in [5.74, 6) is 0. The zero-order chi connectivity index (χ0) is 8.41. The number of hydrogen-bond donors (Lipinski definition) is 0. The number of rotatable bonds is 2. The Hall–Kier alpha value is -0.248. The maximum absolute atomic E-state index is 5.89. The van der Waals surface area contributed by atoms with Crippen molar-refractivity contribution in [3.05, 3.63) is 0 Å². The van der Waals surface area contributed by atoms with Crippen molar-refractivity contribution < 1.29 is 4.53 Å². The Kier molecular flexibility index (Phi) is 2.71. The lowest BCUT2D eigenvalue weighted by Gasteiger charge is -2.33. The van der Waals surface area contributed by atoms with Gasteiger partial charge in [-0.05, 0) is 11.6 Å². The molecular formula is C6H14BNOSi. The second-order valence-corrected chi connectivity index (χ2v) is 7.47. The number of nitrogens with zero attached hydrogens (tertiary/aromatic N) is 1. The van der Waals surface area contributed by atoms with Gasteiger partial charge >= 0.3 is 0 Å². The van der Waals surface area contributed by atoms with Gasteiger partial charge < -0.3 is 4.53 Å². The van der Waals surface area contributed by atoms with Crippen LogP contribution < -0.4 is 0 Å². The van der Waals surface area contributed by atoms with E-state index >= 15 is 0 Å². The molecule has 0 rings (SSSR count). The smallest absolute Gasteiger partial charge is 0.236 e. The first kappa shape index (κ1) is 9.75. The van der Waals surface area contributed by atoms with Crippen molar-refractivity contribution in [3.63, 3.8) is 0 Å². The van der Waals surface area contributed by atoms with Crippen LogP contribution in [0.25, 0.3) is 0 Å². The van der Waals surface area contributed by atoms with Gasteiger partial charge in [-0.1, -0.05) is 20.8 Å². The standard InChI is InChI=1S/C6H14BNOSi/c1-6(2,3)10(5,7)9-8-4/h4H2,1-3,5H3. The minimum Gasteiger partial charge on any atom is -0.465 e. The lowest BCUT2D eigenvalue weighted by Crippen LogP contribution is -2.43. The highest BCUT2D eigenvalue weighted by Gasteiger charge is 2.38. The van der Waals surface area contributed by atoms with E-state index < -0.39 is 8.19 Å². The largest absolute Gasteiger partial charge is 0.465 e. The lowest BCUT2D eigenvalue weighted by atomic mass is 10.2. The molecule has 0 amide bonds. The van der Waals surface area contributed by atoms with E-state index in [0.29, 0.717) is 0 Å². The van der Waals surface area contributed by atoms with Gasteiger partial charge in [0.15, 0.2) is 0 Å². The minimum atomic E-state index is -2.13. The zero-order valence-electron chi connectivity index (χ0n) is 7.14. The van der Waals surface area contributed by atoms with Crippen molar-refractivity contribution >= 4 is 22.3 Å². The van der Waals surface area contributed by atoms with Gasteiger partial charge in [-0.25, -0.2) is 0 Å². The third-order valence-electron chi connectivity index (χ3n) is 1.74. The molecule has 0 heterocycles. The number of oxime groups is 1. The quantitative estimate of drug-likeness (QED) is 0.337. The molecule has 0 spiro atoms. The molecule has 0 saturated heterocycles. The monoisotopic (exact) mass is 155 g/mol. The van der Waals surface area contributed by atoms with E-state index in [9.17, 15) is 0 Å². The molecule has 56 valence electrons. The van der Waals surface area contributed by atoms with Crippen molar-refractivity contribution in [1.29, 1.82) is 0 Å². The van der Waals surface area contributed by atoms with Crippen LogP contribution in [0, 0.1) is 0 Å². The van der Waals surface area contributed by atoms with E-state index in [-0.39, 0.29) is 5.04 Å². The molecular weight excluding hydrogens is 141 g/mol. The Morgan fingerprint density at radius 3 is 2.00 bits per heavy atom. The van der Waals surface area contributed by atoms with Crippen LogP contribution in [0.3, 0.4) is 0 Å². The molecule has 0 bridgehead atoms. The average molecular weight is 155 g/mol. The fourth-order valence-corrected chi connectivity index (χ4v) is 0.813. The van der Waals surface area contributed by atoms with Crippen LogP contribution in [0.15, 0.2) is 5.16 Å². The van der Waals surface area contributed by atoms with E-state index in [1.165, 1.54) is 0 Å². The second kappa shape index (κ2) is 2.78. The van der Waals surface area contributed by atoms with Crippen molar-refractivity contribution in [2.45, 2.75) is 32.4 Å². The summed E-state index contributed by atoms with van der Waals surface area (Å²) < 4.78 is 5.02. The second-order valence-electron chi connectivity index (χ2n) is 3.58. The van der Waals surface area contributed by atoms with Gasteiger partial charge in [0.2, 0.25) is 8.19 Å². The maximum Gasteiger partial charge on any atom is 0.236 e. The molecule has 0 N–H and O–H groups in total. The molecule has 2 nitrogen and oxygen atoms in total. The van der Waals surface area contributed by atoms with Crippen LogP contribution in [-0.2, 0) is 4.53 Å². The van der Waals surface area contributed by atoms with Gasteiger partial charge in [0.1, 0.15) is 7.44 Å². The van der Waals surface area contributed by atoms with Crippen molar-refractivity contribution in [1.82, 2.24) is 0 Å². The molecule has 0 aromatic carbocycles. The van der Waals surface area contributed by atoms with Gasteiger partial charge in [-0.3, -0.25) is 0 Å². The molecule has 1 unspecified atom stereocenters. The maximum atomic E-state index is 5.89. The summed E-state index contributed by atoms with van der Waals surface area (Å²) in [7, 11) is 3.75. The van der Waals surface area contributed by atoms with E-state index in [4.69, 9.17) is 12.0 Å². The Morgan fingerprint density at radius 1 is 1.50 bits per heavy atom. The highest BCUT2D eigenvalue weighted by Crippen LogP contribution is 2.34.